The van der Waals surface area contributed by atoms with Crippen LogP contribution in [0.25, 0.3) is 10.9 Å². The third-order valence-electron chi connectivity index (χ3n) is 6.79. The Labute approximate surface area is 243 Å². The molecule has 0 amide bonds. The van der Waals surface area contributed by atoms with Crippen molar-refractivity contribution in [3.05, 3.63) is 107 Å². The number of hydrogen-bond donors (Lipinski definition) is 0. The Kier molecular flexibility index (Phi) is 8.38. The van der Waals surface area contributed by atoms with Crippen LogP contribution in [0.1, 0.15) is 32.0 Å². The lowest BCUT2D eigenvalue weighted by Crippen LogP contribution is -2.16. The van der Waals surface area contributed by atoms with Gasteiger partial charge in [0.25, 0.3) is 5.91 Å². The largest absolute Gasteiger partial charge is 0.497 e. The molecule has 42 heavy (non-hydrogen) atoms. The molecule has 0 atom stereocenters. The van der Waals surface area contributed by atoms with Gasteiger partial charge in [-0.25, -0.2) is 0 Å². The number of ether oxygens (including phenoxy) is 5. The summed E-state index contributed by atoms with van der Waals surface area (Å²) < 4.78 is 28.7. The summed E-state index contributed by atoms with van der Waals surface area (Å²) in [6, 6.07) is 25.5. The fourth-order valence-electron chi connectivity index (χ4n) is 4.62. The normalized spacial score (nSPS) is 10.8. The van der Waals surface area contributed by atoms with Gasteiger partial charge in [-0.15, -0.1) is 0 Å². The second-order valence-electron chi connectivity index (χ2n) is 9.38. The van der Waals surface area contributed by atoms with E-state index in [1.807, 2.05) is 54.6 Å². The Morgan fingerprint density at radius 1 is 0.714 bits per heavy atom. The van der Waals surface area contributed by atoms with Gasteiger partial charge in [0.05, 0.1) is 40.4 Å². The van der Waals surface area contributed by atoms with Crippen LogP contribution in [0.2, 0.25) is 0 Å². The molecule has 0 N–H and O–H groups in total. The van der Waals surface area contributed by atoms with Crippen molar-refractivity contribution in [1.82, 2.24) is 9.78 Å². The lowest BCUT2D eigenvalue weighted by molar-refractivity contribution is 0.0903. The summed E-state index contributed by atoms with van der Waals surface area (Å²) in [5.74, 6) is 1.54. The Bertz CT molecular complexity index is 1700. The highest BCUT2D eigenvalue weighted by Gasteiger charge is 2.25. The maximum absolute atomic E-state index is 13.8. The van der Waals surface area contributed by atoms with Crippen molar-refractivity contribution < 1.29 is 33.3 Å². The van der Waals surface area contributed by atoms with Crippen LogP contribution in [0.5, 0.6) is 28.7 Å². The van der Waals surface area contributed by atoms with Crippen molar-refractivity contribution >= 4 is 22.6 Å². The predicted molar refractivity (Wildman–Crippen MR) is 157 cm³/mol. The SMILES string of the molecule is COc1ccc2c(C(=O)c3cc(OC)c(OC)c(OC)c3)nn(C(=O)Cc3ccc(OCc4ccccc4)cc3)c2c1. The van der Waals surface area contributed by atoms with E-state index >= 15 is 0 Å². The first-order valence-electron chi connectivity index (χ1n) is 13.2. The summed E-state index contributed by atoms with van der Waals surface area (Å²) in [4.78, 5) is 27.3. The lowest BCUT2D eigenvalue weighted by Gasteiger charge is -2.13. The molecule has 5 rings (SSSR count). The smallest absolute Gasteiger partial charge is 0.251 e. The molecule has 0 aliphatic heterocycles. The van der Waals surface area contributed by atoms with Crippen molar-refractivity contribution in [2.75, 3.05) is 28.4 Å². The van der Waals surface area contributed by atoms with Gasteiger partial charge in [0.1, 0.15) is 23.8 Å². The van der Waals surface area contributed by atoms with Gasteiger partial charge in [0, 0.05) is 17.0 Å². The molecule has 0 aliphatic carbocycles. The monoisotopic (exact) mass is 566 g/mol. The van der Waals surface area contributed by atoms with E-state index in [2.05, 4.69) is 5.10 Å². The van der Waals surface area contributed by atoms with Crippen molar-refractivity contribution in [3.63, 3.8) is 0 Å². The van der Waals surface area contributed by atoms with E-state index in [1.165, 1.54) is 33.1 Å². The number of hydrogen-bond acceptors (Lipinski definition) is 8. The number of carbonyl (C=O) groups is 2. The zero-order valence-electron chi connectivity index (χ0n) is 23.7. The summed E-state index contributed by atoms with van der Waals surface area (Å²) >= 11 is 0. The lowest BCUT2D eigenvalue weighted by atomic mass is 10.0. The first-order valence-corrected chi connectivity index (χ1v) is 13.2. The number of fused-ring (bicyclic) bond motifs is 1. The molecular weight excluding hydrogens is 536 g/mol. The molecule has 0 saturated carbocycles. The third-order valence-corrected chi connectivity index (χ3v) is 6.79. The molecule has 9 nitrogen and oxygen atoms in total. The second kappa shape index (κ2) is 12.5. The van der Waals surface area contributed by atoms with Gasteiger partial charge in [0.15, 0.2) is 11.5 Å². The molecule has 0 unspecified atom stereocenters. The highest BCUT2D eigenvalue weighted by Crippen LogP contribution is 2.39. The topological polar surface area (TPSA) is 98.1 Å². The average molecular weight is 567 g/mol. The van der Waals surface area contributed by atoms with Crippen LogP contribution in [0, 0.1) is 0 Å². The van der Waals surface area contributed by atoms with Gasteiger partial charge in [0.2, 0.25) is 11.5 Å². The van der Waals surface area contributed by atoms with Crippen molar-refractivity contribution in [3.8, 4) is 28.7 Å². The number of aromatic nitrogens is 2. The predicted octanol–water partition coefficient (Wildman–Crippen LogP) is 5.76. The number of ketones is 1. The summed E-state index contributed by atoms with van der Waals surface area (Å²) in [6.45, 7) is 0.447. The van der Waals surface area contributed by atoms with E-state index in [1.54, 1.807) is 30.3 Å². The third kappa shape index (κ3) is 5.76. The molecule has 5 aromatic rings. The zero-order chi connectivity index (χ0) is 29.6. The molecule has 0 radical (unpaired) electrons. The Morgan fingerprint density at radius 2 is 1.38 bits per heavy atom. The molecule has 0 aliphatic rings. The van der Waals surface area contributed by atoms with E-state index in [0.717, 1.165) is 11.1 Å². The fraction of sp³-hybridized carbons (Fsp3) is 0.182. The summed E-state index contributed by atoms with van der Waals surface area (Å²) in [6.07, 6.45) is 0.0603. The first-order chi connectivity index (χ1) is 20.4. The van der Waals surface area contributed by atoms with E-state index in [-0.39, 0.29) is 23.6 Å². The van der Waals surface area contributed by atoms with Gasteiger partial charge in [-0.3, -0.25) is 9.59 Å². The molecule has 4 aromatic carbocycles. The van der Waals surface area contributed by atoms with Crippen LogP contribution >= 0.6 is 0 Å². The highest BCUT2D eigenvalue weighted by atomic mass is 16.5. The molecule has 9 heteroatoms. The van der Waals surface area contributed by atoms with E-state index in [4.69, 9.17) is 23.7 Å². The van der Waals surface area contributed by atoms with Crippen molar-refractivity contribution in [1.29, 1.82) is 0 Å². The molecule has 0 spiro atoms. The van der Waals surface area contributed by atoms with Gasteiger partial charge >= 0.3 is 0 Å². The number of nitrogens with zero attached hydrogens (tertiary/aromatic N) is 2. The molecule has 1 heterocycles. The van der Waals surface area contributed by atoms with Gasteiger partial charge in [-0.1, -0.05) is 42.5 Å². The van der Waals surface area contributed by atoms with Gasteiger partial charge in [-0.2, -0.15) is 9.78 Å². The summed E-state index contributed by atoms with van der Waals surface area (Å²) in [5, 5.41) is 5.00. The highest BCUT2D eigenvalue weighted by molar-refractivity contribution is 6.16. The quantitative estimate of drug-likeness (QED) is 0.186. The Balaban J connectivity index is 1.43. The van der Waals surface area contributed by atoms with Crippen molar-refractivity contribution in [2.45, 2.75) is 13.0 Å². The molecular formula is C33H30N2O7. The van der Waals surface area contributed by atoms with Gasteiger partial charge < -0.3 is 23.7 Å². The molecule has 1 aromatic heterocycles. The maximum atomic E-state index is 13.8. The van der Waals surface area contributed by atoms with Crippen LogP contribution in [0.4, 0.5) is 0 Å². The standard InChI is InChI=1S/C33H30N2O7/c1-38-25-14-15-26-27(19-25)35(34-31(26)32(37)23-17-28(39-2)33(41-4)29(18-23)40-3)30(36)16-21-10-12-24(13-11-21)42-20-22-8-6-5-7-9-22/h5-15,17-19H,16,20H2,1-4H3. The van der Waals surface area contributed by atoms with Crippen LogP contribution in [0.3, 0.4) is 0 Å². The summed E-state index contributed by atoms with van der Waals surface area (Å²) in [5.41, 5.74) is 2.68. The fourth-order valence-corrected chi connectivity index (χ4v) is 4.62. The van der Waals surface area contributed by atoms with Crippen LogP contribution in [0.15, 0.2) is 84.9 Å². The zero-order valence-corrected chi connectivity index (χ0v) is 23.7. The minimum Gasteiger partial charge on any atom is -0.497 e. The number of rotatable bonds is 11. The number of carbonyl (C=O) groups excluding carboxylic acids is 2. The van der Waals surface area contributed by atoms with Crippen LogP contribution in [-0.2, 0) is 13.0 Å². The maximum Gasteiger partial charge on any atom is 0.251 e. The van der Waals surface area contributed by atoms with Crippen LogP contribution in [-0.4, -0.2) is 49.9 Å². The van der Waals surface area contributed by atoms with Gasteiger partial charge in [-0.05, 0) is 47.5 Å². The Morgan fingerprint density at radius 3 is 2.00 bits per heavy atom. The van der Waals surface area contributed by atoms with Crippen molar-refractivity contribution in [2.24, 2.45) is 0 Å². The number of benzene rings is 4. The molecule has 214 valence electrons. The van der Waals surface area contributed by atoms with Crippen LogP contribution < -0.4 is 23.7 Å². The van der Waals surface area contributed by atoms with E-state index in [9.17, 15) is 9.59 Å². The molecule has 0 fully saturated rings. The second-order valence-corrected chi connectivity index (χ2v) is 9.38. The van der Waals surface area contributed by atoms with E-state index in [0.29, 0.717) is 46.3 Å². The Hall–Kier alpha value is -5.31. The minimum atomic E-state index is -0.407. The molecule has 0 saturated heterocycles. The molecule has 0 bridgehead atoms. The first kappa shape index (κ1) is 28.2. The van der Waals surface area contributed by atoms with E-state index < -0.39 is 5.78 Å². The summed E-state index contributed by atoms with van der Waals surface area (Å²) in [7, 11) is 5.97. The number of methoxy groups -OCH3 is 4. The average Bonchev–Trinajstić information content (AvgIpc) is 3.42. The minimum absolute atomic E-state index is 0.0603.